The molecule has 3 rings (SSSR count). The van der Waals surface area contributed by atoms with Crippen LogP contribution in [-0.2, 0) is 6.42 Å². The Labute approximate surface area is 157 Å². The van der Waals surface area contributed by atoms with Gasteiger partial charge in [0.15, 0.2) is 17.4 Å². The minimum absolute atomic E-state index is 0.291. The Morgan fingerprint density at radius 2 is 1.52 bits per heavy atom. The predicted octanol–water partition coefficient (Wildman–Crippen LogP) is 6.99. The molecule has 0 radical (unpaired) electrons. The Hall–Kier alpha value is -2.04. The minimum Gasteiger partial charge on any atom is -0.429 e. The van der Waals surface area contributed by atoms with Gasteiger partial charge in [-0.25, -0.2) is 8.78 Å². The average molecular weight is 380 g/mol. The molecule has 2 aromatic carbocycles. The smallest absolute Gasteiger partial charge is 0.387 e. The number of ether oxygens (including phenoxy) is 1. The summed E-state index contributed by atoms with van der Waals surface area (Å²) >= 11 is 0. The van der Waals surface area contributed by atoms with Gasteiger partial charge in [0.05, 0.1) is 0 Å². The highest BCUT2D eigenvalue weighted by Gasteiger charge is 2.19. The summed E-state index contributed by atoms with van der Waals surface area (Å²) in [5.74, 6) is -1.70. The molecule has 0 aromatic heterocycles. The normalized spacial score (nSPS) is 20.1. The van der Waals surface area contributed by atoms with Crippen molar-refractivity contribution in [1.29, 1.82) is 0 Å². The Balaban J connectivity index is 1.65. The van der Waals surface area contributed by atoms with Crippen molar-refractivity contribution >= 4 is 0 Å². The summed E-state index contributed by atoms with van der Waals surface area (Å²) < 4.78 is 56.1. The average Bonchev–Trinajstić information content (AvgIpc) is 2.64. The first-order chi connectivity index (χ1) is 12.9. The Kier molecular flexibility index (Phi) is 6.40. The number of hydrogen-bond acceptors (Lipinski definition) is 1. The number of halogens is 4. The molecule has 27 heavy (non-hydrogen) atoms. The molecule has 0 saturated heterocycles. The van der Waals surface area contributed by atoms with E-state index in [9.17, 15) is 17.6 Å². The largest absolute Gasteiger partial charge is 0.429 e. The first kappa shape index (κ1) is 19.7. The zero-order chi connectivity index (χ0) is 19.4. The zero-order valence-electron chi connectivity index (χ0n) is 15.4. The zero-order valence-corrected chi connectivity index (χ0v) is 15.4. The van der Waals surface area contributed by atoms with E-state index in [2.05, 4.69) is 11.7 Å². The molecule has 0 unspecified atom stereocenters. The van der Waals surface area contributed by atoms with Crippen molar-refractivity contribution in [2.75, 3.05) is 0 Å². The fourth-order valence-electron chi connectivity index (χ4n) is 3.78. The van der Waals surface area contributed by atoms with Gasteiger partial charge < -0.3 is 4.74 Å². The van der Waals surface area contributed by atoms with Crippen molar-refractivity contribution < 1.29 is 22.3 Å². The molecule has 1 aliphatic carbocycles. The van der Waals surface area contributed by atoms with Crippen molar-refractivity contribution in [2.24, 2.45) is 11.8 Å². The van der Waals surface area contributed by atoms with Crippen molar-refractivity contribution in [2.45, 2.75) is 52.1 Å². The van der Waals surface area contributed by atoms with E-state index in [1.54, 1.807) is 12.1 Å². The van der Waals surface area contributed by atoms with Crippen LogP contribution in [-0.4, -0.2) is 6.61 Å². The van der Waals surface area contributed by atoms with Crippen molar-refractivity contribution in [3.05, 3.63) is 53.6 Å². The molecule has 0 amide bonds. The second kappa shape index (κ2) is 8.77. The summed E-state index contributed by atoms with van der Waals surface area (Å²) in [4.78, 5) is 0. The summed E-state index contributed by atoms with van der Waals surface area (Å²) in [6.45, 7) is -0.959. The monoisotopic (exact) mass is 380 g/mol. The van der Waals surface area contributed by atoms with E-state index in [0.717, 1.165) is 36.8 Å². The Morgan fingerprint density at radius 1 is 0.926 bits per heavy atom. The molecule has 1 fully saturated rings. The number of alkyl halides is 2. The van der Waals surface area contributed by atoms with Gasteiger partial charge in [0.2, 0.25) is 0 Å². The fraction of sp³-hybridized carbons (Fsp3) is 0.455. The molecule has 0 atom stereocenters. The van der Waals surface area contributed by atoms with Gasteiger partial charge in [-0.1, -0.05) is 56.9 Å². The third kappa shape index (κ3) is 5.24. The SMILES string of the molecule is CC1CCC(CCc2ccc(-c3cc(F)c(OC(F)F)c(F)c3)cc2)CC1. The summed E-state index contributed by atoms with van der Waals surface area (Å²) in [6.07, 6.45) is 7.37. The Morgan fingerprint density at radius 3 is 2.07 bits per heavy atom. The standard InChI is InChI=1S/C22H24F4O/c1-14-2-4-15(5-3-14)6-7-16-8-10-17(11-9-16)18-12-19(23)21(20(24)13-18)27-22(25)26/h8-15,22H,2-7H2,1H3. The topological polar surface area (TPSA) is 9.23 Å². The first-order valence-electron chi connectivity index (χ1n) is 9.45. The van der Waals surface area contributed by atoms with Gasteiger partial charge in [0.25, 0.3) is 0 Å². The van der Waals surface area contributed by atoms with E-state index >= 15 is 0 Å². The van der Waals surface area contributed by atoms with Crippen LogP contribution in [0.2, 0.25) is 0 Å². The van der Waals surface area contributed by atoms with Crippen LogP contribution in [0, 0.1) is 23.5 Å². The van der Waals surface area contributed by atoms with Crippen molar-refractivity contribution in [3.8, 4) is 16.9 Å². The van der Waals surface area contributed by atoms with Crippen molar-refractivity contribution in [3.63, 3.8) is 0 Å². The van der Waals surface area contributed by atoms with Gasteiger partial charge in [-0.05, 0) is 53.5 Å². The number of hydrogen-bond donors (Lipinski definition) is 0. The van der Waals surface area contributed by atoms with E-state index in [4.69, 9.17) is 0 Å². The van der Waals surface area contributed by atoms with E-state index < -0.39 is 24.0 Å². The maximum Gasteiger partial charge on any atom is 0.387 e. The maximum absolute atomic E-state index is 13.9. The number of aryl methyl sites for hydroxylation is 1. The fourth-order valence-corrected chi connectivity index (χ4v) is 3.78. The summed E-state index contributed by atoms with van der Waals surface area (Å²) in [7, 11) is 0. The van der Waals surface area contributed by atoms with Crippen LogP contribution in [0.4, 0.5) is 17.6 Å². The van der Waals surface area contributed by atoms with Crippen LogP contribution in [0.15, 0.2) is 36.4 Å². The van der Waals surface area contributed by atoms with Gasteiger partial charge in [-0.3, -0.25) is 0 Å². The van der Waals surface area contributed by atoms with Gasteiger partial charge in [-0.15, -0.1) is 0 Å². The van der Waals surface area contributed by atoms with Gasteiger partial charge in [0, 0.05) is 0 Å². The number of benzene rings is 2. The molecule has 1 aliphatic rings. The quantitative estimate of drug-likeness (QED) is 0.491. The lowest BCUT2D eigenvalue weighted by atomic mass is 9.80. The molecule has 0 spiro atoms. The second-order valence-electron chi connectivity index (χ2n) is 7.51. The van der Waals surface area contributed by atoms with E-state index in [-0.39, 0.29) is 0 Å². The lowest BCUT2D eigenvalue weighted by Crippen LogP contribution is -2.12. The molecule has 1 saturated carbocycles. The molecular weight excluding hydrogens is 356 g/mol. The van der Waals surface area contributed by atoms with Gasteiger partial charge in [0.1, 0.15) is 0 Å². The molecule has 0 N–H and O–H groups in total. The van der Waals surface area contributed by atoms with Crippen molar-refractivity contribution in [1.82, 2.24) is 0 Å². The molecule has 0 aliphatic heterocycles. The second-order valence-corrected chi connectivity index (χ2v) is 7.51. The van der Waals surface area contributed by atoms with Crippen LogP contribution in [0.5, 0.6) is 5.75 Å². The third-order valence-electron chi connectivity index (χ3n) is 5.47. The first-order valence-corrected chi connectivity index (χ1v) is 9.45. The highest BCUT2D eigenvalue weighted by Crippen LogP contribution is 2.32. The van der Waals surface area contributed by atoms with Gasteiger partial charge in [-0.2, -0.15) is 8.78 Å². The molecule has 0 bridgehead atoms. The third-order valence-corrected chi connectivity index (χ3v) is 5.47. The molecule has 2 aromatic rings. The van der Waals surface area contributed by atoms with E-state index in [1.807, 2.05) is 12.1 Å². The predicted molar refractivity (Wildman–Crippen MR) is 97.9 cm³/mol. The van der Waals surface area contributed by atoms with Crippen LogP contribution in [0.3, 0.4) is 0 Å². The lowest BCUT2D eigenvalue weighted by Gasteiger charge is -2.26. The van der Waals surface area contributed by atoms with Crippen LogP contribution in [0.1, 0.15) is 44.6 Å². The van der Waals surface area contributed by atoms with Crippen LogP contribution >= 0.6 is 0 Å². The highest BCUT2D eigenvalue weighted by atomic mass is 19.3. The Bertz CT molecular complexity index is 726. The van der Waals surface area contributed by atoms with E-state index in [1.165, 1.54) is 31.2 Å². The van der Waals surface area contributed by atoms with E-state index in [0.29, 0.717) is 11.1 Å². The molecule has 146 valence electrons. The molecular formula is C22H24F4O. The minimum atomic E-state index is -3.27. The number of rotatable bonds is 6. The summed E-state index contributed by atoms with van der Waals surface area (Å²) in [5, 5.41) is 0. The highest BCUT2D eigenvalue weighted by molar-refractivity contribution is 5.65. The molecule has 5 heteroatoms. The summed E-state index contributed by atoms with van der Waals surface area (Å²) in [6, 6.07) is 9.55. The summed E-state index contributed by atoms with van der Waals surface area (Å²) in [5.41, 5.74) is 2.11. The van der Waals surface area contributed by atoms with Crippen LogP contribution < -0.4 is 4.74 Å². The molecule has 0 heterocycles. The van der Waals surface area contributed by atoms with Gasteiger partial charge >= 0.3 is 6.61 Å². The molecule has 1 nitrogen and oxygen atoms in total. The van der Waals surface area contributed by atoms with Crippen LogP contribution in [0.25, 0.3) is 11.1 Å². The lowest BCUT2D eigenvalue weighted by molar-refractivity contribution is -0.0546. The maximum atomic E-state index is 13.9.